The molecule has 102 valence electrons. The monoisotopic (exact) mass is 283 g/mol. The first-order chi connectivity index (χ1) is 8.90. The van der Waals surface area contributed by atoms with Crippen LogP contribution in [0.25, 0.3) is 0 Å². The second-order valence-electron chi connectivity index (χ2n) is 4.33. The standard InChI is InChI=1S/C12H13NO5S/c1-8-2-4-9(5-3-8)19(16,17)18-13-12-10(14)6-7-11(12)15/h2-5,12-13H,6-7H2,1H3. The van der Waals surface area contributed by atoms with Gasteiger partial charge in [0.15, 0.2) is 17.6 Å². The number of ketones is 2. The molecule has 1 aliphatic carbocycles. The molecule has 0 aromatic heterocycles. The molecule has 0 unspecified atom stereocenters. The Labute approximate surface area is 110 Å². The molecular formula is C12H13NO5S. The zero-order chi connectivity index (χ0) is 14.0. The van der Waals surface area contributed by atoms with Gasteiger partial charge in [0.25, 0.3) is 0 Å². The van der Waals surface area contributed by atoms with Crippen LogP contribution in [0.5, 0.6) is 0 Å². The first-order valence-corrected chi connectivity index (χ1v) is 7.12. The second-order valence-corrected chi connectivity index (χ2v) is 5.88. The number of hydroxylamine groups is 1. The van der Waals surface area contributed by atoms with E-state index in [1.807, 2.05) is 12.4 Å². The van der Waals surface area contributed by atoms with E-state index in [0.717, 1.165) is 5.56 Å². The lowest BCUT2D eigenvalue weighted by Crippen LogP contribution is -2.39. The van der Waals surface area contributed by atoms with Crippen LogP contribution in [-0.4, -0.2) is 26.0 Å². The summed E-state index contributed by atoms with van der Waals surface area (Å²) >= 11 is 0. The van der Waals surface area contributed by atoms with Crippen LogP contribution in [0.2, 0.25) is 0 Å². The predicted molar refractivity (Wildman–Crippen MR) is 65.6 cm³/mol. The van der Waals surface area contributed by atoms with Crippen molar-refractivity contribution in [1.82, 2.24) is 5.48 Å². The number of aryl methyl sites for hydroxylation is 1. The Balaban J connectivity index is 2.08. The number of rotatable bonds is 4. The van der Waals surface area contributed by atoms with Gasteiger partial charge >= 0.3 is 10.1 Å². The minimum Gasteiger partial charge on any atom is -0.297 e. The quantitative estimate of drug-likeness (QED) is 0.639. The van der Waals surface area contributed by atoms with Gasteiger partial charge in [-0.25, -0.2) is 0 Å². The molecule has 0 aliphatic heterocycles. The smallest absolute Gasteiger partial charge is 0.297 e. The minimum atomic E-state index is -4.03. The van der Waals surface area contributed by atoms with Gasteiger partial charge in [-0.3, -0.25) is 9.59 Å². The van der Waals surface area contributed by atoms with E-state index >= 15 is 0 Å². The number of benzene rings is 1. The van der Waals surface area contributed by atoms with Gasteiger partial charge in [0.2, 0.25) is 0 Å². The summed E-state index contributed by atoms with van der Waals surface area (Å²) in [5.74, 6) is -0.715. The molecule has 0 amide bonds. The van der Waals surface area contributed by atoms with Gasteiger partial charge < -0.3 is 0 Å². The average Bonchev–Trinajstić information content (AvgIpc) is 2.67. The molecule has 1 aromatic rings. The lowest BCUT2D eigenvalue weighted by atomic mass is 10.2. The fourth-order valence-corrected chi connectivity index (χ4v) is 2.50. The molecule has 0 atom stereocenters. The molecule has 0 bridgehead atoms. The summed E-state index contributed by atoms with van der Waals surface area (Å²) in [7, 11) is -4.03. The Hall–Kier alpha value is -1.57. The van der Waals surface area contributed by atoms with Gasteiger partial charge in [0.1, 0.15) is 0 Å². The zero-order valence-corrected chi connectivity index (χ0v) is 11.1. The number of Topliss-reactive ketones (excluding diaryl/α,β-unsaturated/α-hetero) is 2. The number of hydrogen-bond donors (Lipinski definition) is 1. The Bertz CT molecular complexity index is 590. The van der Waals surface area contributed by atoms with E-state index in [9.17, 15) is 18.0 Å². The highest BCUT2D eigenvalue weighted by atomic mass is 32.2. The lowest BCUT2D eigenvalue weighted by Gasteiger charge is -2.10. The van der Waals surface area contributed by atoms with Crippen molar-refractivity contribution in [2.45, 2.75) is 30.7 Å². The fraction of sp³-hybridized carbons (Fsp3) is 0.333. The largest absolute Gasteiger partial charge is 0.312 e. The van der Waals surface area contributed by atoms with E-state index in [1.165, 1.54) is 12.1 Å². The van der Waals surface area contributed by atoms with Crippen molar-refractivity contribution in [1.29, 1.82) is 0 Å². The molecule has 0 saturated heterocycles. The average molecular weight is 283 g/mol. The van der Waals surface area contributed by atoms with Crippen LogP contribution in [0.1, 0.15) is 18.4 Å². The topological polar surface area (TPSA) is 89.5 Å². The molecule has 1 saturated carbocycles. The summed E-state index contributed by atoms with van der Waals surface area (Å²) in [5, 5.41) is 0. The maximum absolute atomic E-state index is 11.8. The minimum absolute atomic E-state index is 0.0384. The first kappa shape index (κ1) is 13.9. The van der Waals surface area contributed by atoms with Gasteiger partial charge in [-0.15, -0.1) is 0 Å². The Kier molecular flexibility index (Phi) is 3.79. The Morgan fingerprint density at radius 1 is 1.11 bits per heavy atom. The summed E-state index contributed by atoms with van der Waals surface area (Å²) in [6.07, 6.45) is 0.231. The predicted octanol–water partition coefficient (Wildman–Crippen LogP) is 0.506. The van der Waals surface area contributed by atoms with E-state index in [-0.39, 0.29) is 29.3 Å². The second kappa shape index (κ2) is 5.20. The molecule has 1 aliphatic rings. The number of hydrogen-bond acceptors (Lipinski definition) is 6. The van der Waals surface area contributed by atoms with E-state index < -0.39 is 16.2 Å². The number of carbonyl (C=O) groups excluding carboxylic acids is 2. The fourth-order valence-electron chi connectivity index (χ4n) is 1.71. The molecule has 7 heteroatoms. The lowest BCUT2D eigenvalue weighted by molar-refractivity contribution is -0.127. The van der Waals surface area contributed by atoms with Crippen molar-refractivity contribution in [2.75, 3.05) is 0 Å². The SMILES string of the molecule is Cc1ccc(S(=O)(=O)ONC2C(=O)CCC2=O)cc1. The molecule has 0 radical (unpaired) electrons. The van der Waals surface area contributed by atoms with E-state index in [4.69, 9.17) is 0 Å². The molecule has 19 heavy (non-hydrogen) atoms. The van der Waals surface area contributed by atoms with Crippen molar-refractivity contribution in [3.05, 3.63) is 29.8 Å². The van der Waals surface area contributed by atoms with Crippen LogP contribution in [0.3, 0.4) is 0 Å². The molecule has 1 aromatic carbocycles. The molecule has 0 heterocycles. The molecule has 1 fully saturated rings. The van der Waals surface area contributed by atoms with Crippen molar-refractivity contribution in [3.63, 3.8) is 0 Å². The van der Waals surface area contributed by atoms with Crippen LogP contribution in [0.4, 0.5) is 0 Å². The Morgan fingerprint density at radius 2 is 1.63 bits per heavy atom. The third-order valence-electron chi connectivity index (χ3n) is 2.85. The summed E-state index contributed by atoms with van der Waals surface area (Å²) in [5.41, 5.74) is 2.96. The normalized spacial score (nSPS) is 17.1. The third-order valence-corrected chi connectivity index (χ3v) is 4.01. The van der Waals surface area contributed by atoms with Crippen molar-refractivity contribution < 1.29 is 22.3 Å². The first-order valence-electron chi connectivity index (χ1n) is 5.71. The van der Waals surface area contributed by atoms with Crippen molar-refractivity contribution in [2.24, 2.45) is 0 Å². The molecule has 1 N–H and O–H groups in total. The maximum atomic E-state index is 11.8. The van der Waals surface area contributed by atoms with Crippen LogP contribution in [0.15, 0.2) is 29.2 Å². The van der Waals surface area contributed by atoms with E-state index in [0.29, 0.717) is 0 Å². The highest BCUT2D eigenvalue weighted by Gasteiger charge is 2.34. The highest BCUT2D eigenvalue weighted by Crippen LogP contribution is 2.15. The van der Waals surface area contributed by atoms with Gasteiger partial charge in [-0.2, -0.15) is 18.2 Å². The van der Waals surface area contributed by atoms with Gasteiger partial charge in [-0.1, -0.05) is 17.7 Å². The number of nitrogens with one attached hydrogen (secondary N) is 1. The summed E-state index contributed by atoms with van der Waals surface area (Å²) in [4.78, 5) is 22.6. The van der Waals surface area contributed by atoms with Crippen LogP contribution in [0, 0.1) is 6.92 Å². The molecular weight excluding hydrogens is 270 g/mol. The molecule has 6 nitrogen and oxygen atoms in total. The van der Waals surface area contributed by atoms with E-state index in [2.05, 4.69) is 4.28 Å². The van der Waals surface area contributed by atoms with Gasteiger partial charge in [0, 0.05) is 12.8 Å². The maximum Gasteiger partial charge on any atom is 0.312 e. The van der Waals surface area contributed by atoms with Crippen molar-refractivity contribution in [3.8, 4) is 0 Å². The number of carbonyl (C=O) groups is 2. The van der Waals surface area contributed by atoms with Gasteiger partial charge in [0.05, 0.1) is 4.90 Å². The van der Waals surface area contributed by atoms with Crippen LogP contribution in [-0.2, 0) is 24.0 Å². The van der Waals surface area contributed by atoms with Gasteiger partial charge in [-0.05, 0) is 19.1 Å². The van der Waals surface area contributed by atoms with E-state index in [1.54, 1.807) is 12.1 Å². The van der Waals surface area contributed by atoms with Crippen molar-refractivity contribution >= 4 is 21.7 Å². The van der Waals surface area contributed by atoms with Crippen LogP contribution >= 0.6 is 0 Å². The Morgan fingerprint density at radius 3 is 2.16 bits per heavy atom. The summed E-state index contributed by atoms with van der Waals surface area (Å²) in [6, 6.07) is 4.86. The third kappa shape index (κ3) is 3.06. The molecule has 0 spiro atoms. The zero-order valence-electron chi connectivity index (χ0n) is 10.3. The molecule has 2 rings (SSSR count). The summed E-state index contributed by atoms with van der Waals surface area (Å²) in [6.45, 7) is 1.82. The van der Waals surface area contributed by atoms with Crippen LogP contribution < -0.4 is 5.48 Å². The highest BCUT2D eigenvalue weighted by molar-refractivity contribution is 7.86. The summed E-state index contributed by atoms with van der Waals surface area (Å²) < 4.78 is 28.2.